The topological polar surface area (TPSA) is 60.9 Å². The van der Waals surface area contributed by atoms with Crippen LogP contribution < -0.4 is 4.90 Å². The molecule has 6 nitrogen and oxygen atoms in total. The Morgan fingerprint density at radius 3 is 2.03 bits per heavy atom. The van der Waals surface area contributed by atoms with Crippen molar-refractivity contribution in [2.24, 2.45) is 0 Å². The molecule has 0 radical (unpaired) electrons. The fourth-order valence-corrected chi connectivity index (χ4v) is 4.64. The van der Waals surface area contributed by atoms with Crippen molar-refractivity contribution in [1.29, 1.82) is 0 Å². The quantitative estimate of drug-likeness (QED) is 0.604. The fourth-order valence-electron chi connectivity index (χ4n) is 3.16. The highest BCUT2D eigenvalue weighted by Gasteiger charge is 2.26. The molecule has 30 heavy (non-hydrogen) atoms. The maximum absolute atomic E-state index is 14.5. The summed E-state index contributed by atoms with van der Waals surface area (Å²) in [6.45, 7) is 6.53. The lowest BCUT2D eigenvalue weighted by molar-refractivity contribution is 0.0747. The number of carbonyl (C=O) groups is 1. The molecule has 0 spiro atoms. The average molecular weight is 436 g/mol. The van der Waals surface area contributed by atoms with E-state index in [1.165, 1.54) is 15.3 Å². The number of hydrogen-bond donors (Lipinski definition) is 0. The summed E-state index contributed by atoms with van der Waals surface area (Å²) in [6.07, 6.45) is 0. The highest BCUT2D eigenvalue weighted by molar-refractivity contribution is 7.89. The molecule has 2 aromatic carbocycles. The zero-order valence-electron chi connectivity index (χ0n) is 18.2. The summed E-state index contributed by atoms with van der Waals surface area (Å²) in [5.74, 6) is -1.27. The molecular weight excluding hydrogens is 405 g/mol. The molecule has 0 bridgehead atoms. The Hall–Kier alpha value is -2.45. The van der Waals surface area contributed by atoms with Gasteiger partial charge in [-0.15, -0.1) is 0 Å². The number of hydrogen-bond acceptors (Lipinski definition) is 4. The largest absolute Gasteiger partial charge is 0.378 e. The molecule has 0 saturated carbocycles. The van der Waals surface area contributed by atoms with E-state index in [1.807, 2.05) is 43.3 Å². The number of halogens is 1. The fraction of sp³-hybridized carbons (Fsp3) is 0.409. The predicted octanol–water partition coefficient (Wildman–Crippen LogP) is 3.58. The van der Waals surface area contributed by atoms with Crippen molar-refractivity contribution < 1.29 is 17.6 Å². The minimum atomic E-state index is -3.79. The molecule has 8 heteroatoms. The van der Waals surface area contributed by atoms with E-state index < -0.39 is 21.7 Å². The minimum absolute atomic E-state index is 0.0812. The van der Waals surface area contributed by atoms with Crippen molar-refractivity contribution in [3.05, 3.63) is 59.4 Å². The minimum Gasteiger partial charge on any atom is -0.378 e. The van der Waals surface area contributed by atoms with Crippen LogP contribution in [0, 0.1) is 5.82 Å². The standard InChI is InChI=1S/C22H30FN3O3S/c1-6-25(16-17-9-11-18(12-10-17)24(4)5)22(27)20-15-19(13-14-21(20)23)30(28,29)26(7-2)8-3/h9-15H,6-8,16H2,1-5H3. The molecule has 1 amide bonds. The van der Waals surface area contributed by atoms with Crippen molar-refractivity contribution in [2.45, 2.75) is 32.2 Å². The van der Waals surface area contributed by atoms with Gasteiger partial charge in [-0.3, -0.25) is 4.79 Å². The summed E-state index contributed by atoms with van der Waals surface area (Å²) in [5, 5.41) is 0. The molecule has 0 aliphatic rings. The Kier molecular flexibility index (Phi) is 7.97. The third-order valence-electron chi connectivity index (χ3n) is 5.01. The van der Waals surface area contributed by atoms with E-state index in [2.05, 4.69) is 0 Å². The average Bonchev–Trinajstić information content (AvgIpc) is 2.72. The lowest BCUT2D eigenvalue weighted by Gasteiger charge is -2.23. The van der Waals surface area contributed by atoms with Gasteiger partial charge in [0.15, 0.2) is 0 Å². The van der Waals surface area contributed by atoms with Gasteiger partial charge in [-0.05, 0) is 42.8 Å². The van der Waals surface area contributed by atoms with Gasteiger partial charge in [-0.2, -0.15) is 4.31 Å². The van der Waals surface area contributed by atoms with Crippen LogP contribution in [0.2, 0.25) is 0 Å². The Bertz CT molecular complexity index is 972. The van der Waals surface area contributed by atoms with Gasteiger partial charge in [0, 0.05) is 46.0 Å². The van der Waals surface area contributed by atoms with E-state index >= 15 is 0 Å². The number of sulfonamides is 1. The summed E-state index contributed by atoms with van der Waals surface area (Å²) in [5.41, 5.74) is 1.70. The van der Waals surface area contributed by atoms with Crippen LogP contribution in [0.3, 0.4) is 0 Å². The summed E-state index contributed by atoms with van der Waals surface area (Å²) in [7, 11) is 0.0998. The maximum atomic E-state index is 14.5. The van der Waals surface area contributed by atoms with E-state index in [4.69, 9.17) is 0 Å². The van der Waals surface area contributed by atoms with Gasteiger partial charge < -0.3 is 9.80 Å². The van der Waals surface area contributed by atoms with E-state index in [0.29, 0.717) is 26.2 Å². The lowest BCUT2D eigenvalue weighted by Crippen LogP contribution is -2.32. The molecule has 0 heterocycles. The maximum Gasteiger partial charge on any atom is 0.257 e. The molecule has 0 aliphatic carbocycles. The van der Waals surface area contributed by atoms with Crippen LogP contribution in [-0.2, 0) is 16.6 Å². The summed E-state index contributed by atoms with van der Waals surface area (Å²) >= 11 is 0. The van der Waals surface area contributed by atoms with E-state index in [0.717, 1.165) is 23.4 Å². The second-order valence-corrected chi connectivity index (χ2v) is 9.05. The predicted molar refractivity (Wildman–Crippen MR) is 118 cm³/mol. The molecule has 0 atom stereocenters. The highest BCUT2D eigenvalue weighted by Crippen LogP contribution is 2.21. The third kappa shape index (κ3) is 5.17. The Labute approximate surface area is 179 Å². The molecular formula is C22H30FN3O3S. The Morgan fingerprint density at radius 2 is 1.53 bits per heavy atom. The monoisotopic (exact) mass is 435 g/mol. The molecule has 164 valence electrons. The number of nitrogens with zero attached hydrogens (tertiary/aromatic N) is 3. The SMILES string of the molecule is CCN(Cc1ccc(N(C)C)cc1)C(=O)c1cc(S(=O)(=O)N(CC)CC)ccc1F. The smallest absolute Gasteiger partial charge is 0.257 e. The number of rotatable bonds is 9. The van der Waals surface area contributed by atoms with E-state index in [-0.39, 0.29) is 10.5 Å². The van der Waals surface area contributed by atoms with Crippen LogP contribution in [0.25, 0.3) is 0 Å². The van der Waals surface area contributed by atoms with Gasteiger partial charge in [0.1, 0.15) is 5.82 Å². The number of amides is 1. The van der Waals surface area contributed by atoms with Crippen molar-refractivity contribution in [3.8, 4) is 0 Å². The molecule has 2 aromatic rings. The van der Waals surface area contributed by atoms with E-state index in [1.54, 1.807) is 20.8 Å². The van der Waals surface area contributed by atoms with Gasteiger partial charge >= 0.3 is 0 Å². The van der Waals surface area contributed by atoms with Crippen molar-refractivity contribution in [3.63, 3.8) is 0 Å². The third-order valence-corrected chi connectivity index (χ3v) is 7.05. The van der Waals surface area contributed by atoms with Crippen molar-refractivity contribution >= 4 is 21.6 Å². The van der Waals surface area contributed by atoms with Crippen LogP contribution in [0.4, 0.5) is 10.1 Å². The second-order valence-electron chi connectivity index (χ2n) is 7.11. The zero-order chi connectivity index (χ0) is 22.5. The Morgan fingerprint density at radius 1 is 0.933 bits per heavy atom. The van der Waals surface area contributed by atoms with Gasteiger partial charge in [-0.25, -0.2) is 12.8 Å². The number of anilines is 1. The molecule has 0 N–H and O–H groups in total. The lowest BCUT2D eigenvalue weighted by atomic mass is 10.1. The van der Waals surface area contributed by atoms with Crippen LogP contribution >= 0.6 is 0 Å². The second kappa shape index (κ2) is 10.0. The normalized spacial score (nSPS) is 11.6. The summed E-state index contributed by atoms with van der Waals surface area (Å²) in [4.78, 5) is 16.4. The van der Waals surface area contributed by atoms with E-state index in [9.17, 15) is 17.6 Å². The first-order valence-electron chi connectivity index (χ1n) is 10.0. The van der Waals surface area contributed by atoms with Crippen LogP contribution in [0.1, 0.15) is 36.7 Å². The number of carbonyl (C=O) groups excluding carboxylic acids is 1. The molecule has 0 unspecified atom stereocenters. The van der Waals surface area contributed by atoms with Gasteiger partial charge in [0.25, 0.3) is 5.91 Å². The molecule has 0 fully saturated rings. The van der Waals surface area contributed by atoms with Gasteiger partial charge in [0.05, 0.1) is 10.5 Å². The Balaban J connectivity index is 2.33. The molecule has 0 aromatic heterocycles. The van der Waals surface area contributed by atoms with Crippen LogP contribution in [0.15, 0.2) is 47.4 Å². The first kappa shape index (κ1) is 23.8. The summed E-state index contributed by atoms with van der Waals surface area (Å²) in [6, 6.07) is 11.1. The van der Waals surface area contributed by atoms with Crippen molar-refractivity contribution in [2.75, 3.05) is 38.6 Å². The van der Waals surface area contributed by atoms with Gasteiger partial charge in [0.2, 0.25) is 10.0 Å². The first-order valence-corrected chi connectivity index (χ1v) is 11.4. The van der Waals surface area contributed by atoms with Crippen LogP contribution in [0.5, 0.6) is 0 Å². The van der Waals surface area contributed by atoms with Gasteiger partial charge in [-0.1, -0.05) is 26.0 Å². The first-order chi connectivity index (χ1) is 14.1. The molecule has 0 saturated heterocycles. The summed E-state index contributed by atoms with van der Waals surface area (Å²) < 4.78 is 41.3. The van der Waals surface area contributed by atoms with Crippen molar-refractivity contribution in [1.82, 2.24) is 9.21 Å². The number of benzene rings is 2. The highest BCUT2D eigenvalue weighted by atomic mass is 32.2. The molecule has 2 rings (SSSR count). The van der Waals surface area contributed by atoms with Crippen LogP contribution in [-0.4, -0.2) is 57.3 Å². The molecule has 0 aliphatic heterocycles. The zero-order valence-corrected chi connectivity index (χ0v) is 19.0.